The lowest BCUT2D eigenvalue weighted by molar-refractivity contribution is 0.0201. The summed E-state index contributed by atoms with van der Waals surface area (Å²) in [6, 6.07) is 9.20. The maximum absolute atomic E-state index is 13.5. The third-order valence-electron chi connectivity index (χ3n) is 6.00. The van der Waals surface area contributed by atoms with Crippen LogP contribution in [0.2, 0.25) is 0 Å². The summed E-state index contributed by atoms with van der Waals surface area (Å²) in [5.41, 5.74) is 3.03. The van der Waals surface area contributed by atoms with Gasteiger partial charge in [0.25, 0.3) is 0 Å². The van der Waals surface area contributed by atoms with Crippen molar-refractivity contribution in [2.75, 3.05) is 19.0 Å². The predicted molar refractivity (Wildman–Crippen MR) is 133 cm³/mol. The van der Waals surface area contributed by atoms with E-state index in [0.29, 0.717) is 30.4 Å². The molecule has 1 atom stereocenters. The van der Waals surface area contributed by atoms with Crippen LogP contribution >= 0.6 is 0 Å². The van der Waals surface area contributed by atoms with Crippen molar-refractivity contribution >= 4 is 17.8 Å². The van der Waals surface area contributed by atoms with Crippen LogP contribution in [0.25, 0.3) is 0 Å². The average Bonchev–Trinajstić information content (AvgIpc) is 3.17. The van der Waals surface area contributed by atoms with Crippen LogP contribution < -0.4 is 14.4 Å². The first-order valence-electron chi connectivity index (χ1n) is 11.7. The van der Waals surface area contributed by atoms with Gasteiger partial charge in [0.15, 0.2) is 5.75 Å². The Morgan fingerprint density at radius 3 is 2.24 bits per heavy atom. The summed E-state index contributed by atoms with van der Waals surface area (Å²) in [7, 11) is 3.91. The summed E-state index contributed by atoms with van der Waals surface area (Å²) in [4.78, 5) is 30.6. The van der Waals surface area contributed by atoms with Crippen molar-refractivity contribution in [3.05, 3.63) is 52.6 Å². The van der Waals surface area contributed by atoms with E-state index in [1.54, 1.807) is 45.0 Å². The van der Waals surface area contributed by atoms with E-state index in [9.17, 15) is 9.59 Å². The van der Waals surface area contributed by atoms with E-state index in [-0.39, 0.29) is 11.3 Å². The highest BCUT2D eigenvalue weighted by Crippen LogP contribution is 2.44. The first-order valence-corrected chi connectivity index (χ1v) is 11.7. The molecule has 0 fully saturated rings. The molecule has 0 spiro atoms. The molecule has 7 heteroatoms. The highest BCUT2D eigenvalue weighted by Gasteiger charge is 2.36. The summed E-state index contributed by atoms with van der Waals surface area (Å²) >= 11 is 0. The molecule has 1 aliphatic heterocycles. The van der Waals surface area contributed by atoms with Crippen molar-refractivity contribution in [3.63, 3.8) is 0 Å². The molecular formula is C27H36N2O5. The van der Waals surface area contributed by atoms with Crippen LogP contribution in [0.1, 0.15) is 68.1 Å². The number of ether oxygens (including phenoxy) is 3. The minimum Gasteiger partial charge on any atom is -0.428 e. The zero-order valence-corrected chi connectivity index (χ0v) is 21.5. The Balaban J connectivity index is 2.17. The van der Waals surface area contributed by atoms with E-state index in [0.717, 1.165) is 23.2 Å². The summed E-state index contributed by atoms with van der Waals surface area (Å²) in [6.45, 7) is 12.8. The van der Waals surface area contributed by atoms with Crippen LogP contribution in [0, 0.1) is 6.92 Å². The molecule has 0 N–H and O–H groups in total. The molecule has 0 amide bonds. The zero-order valence-electron chi connectivity index (χ0n) is 21.5. The third kappa shape index (κ3) is 5.53. The van der Waals surface area contributed by atoms with Crippen molar-refractivity contribution in [2.45, 2.75) is 72.7 Å². The number of hydrogen-bond donors (Lipinski definition) is 0. The van der Waals surface area contributed by atoms with Gasteiger partial charge in [-0.3, -0.25) is 4.90 Å². The molecule has 1 aliphatic rings. The number of rotatable bonds is 6. The molecule has 2 aromatic carbocycles. The van der Waals surface area contributed by atoms with Crippen molar-refractivity contribution in [3.8, 4) is 11.5 Å². The maximum atomic E-state index is 13.5. The molecule has 0 bridgehead atoms. The SMILES string of the molecule is CC[C@@H](C)N1Cc2c(c(N(C)C)c(C)c(C(=O)Oc3ccccc3)c2OC(=O)OC(C)(C)C)C1. The van der Waals surface area contributed by atoms with Gasteiger partial charge in [-0.05, 0) is 64.3 Å². The summed E-state index contributed by atoms with van der Waals surface area (Å²) in [5.74, 6) is 0.0671. The second kappa shape index (κ2) is 10.1. The zero-order chi connectivity index (χ0) is 25.2. The van der Waals surface area contributed by atoms with Gasteiger partial charge in [-0.2, -0.15) is 0 Å². The maximum Gasteiger partial charge on any atom is 0.514 e. The van der Waals surface area contributed by atoms with E-state index < -0.39 is 17.7 Å². The Morgan fingerprint density at radius 2 is 1.68 bits per heavy atom. The third-order valence-corrected chi connectivity index (χ3v) is 6.00. The van der Waals surface area contributed by atoms with Crippen LogP contribution in [0.15, 0.2) is 30.3 Å². The Hall–Kier alpha value is -3.06. The van der Waals surface area contributed by atoms with Gasteiger partial charge in [-0.1, -0.05) is 25.1 Å². The smallest absolute Gasteiger partial charge is 0.428 e. The van der Waals surface area contributed by atoms with E-state index in [4.69, 9.17) is 14.2 Å². The molecule has 0 saturated heterocycles. The van der Waals surface area contributed by atoms with Gasteiger partial charge in [0.2, 0.25) is 0 Å². The lowest BCUT2D eigenvalue weighted by Crippen LogP contribution is -2.28. The quantitative estimate of drug-likeness (QED) is 0.306. The van der Waals surface area contributed by atoms with Gasteiger partial charge in [0, 0.05) is 44.5 Å². The number of para-hydroxylation sites is 1. The lowest BCUT2D eigenvalue weighted by Gasteiger charge is -2.25. The van der Waals surface area contributed by atoms with Gasteiger partial charge in [-0.25, -0.2) is 9.59 Å². The van der Waals surface area contributed by atoms with Crippen LogP contribution in [0.4, 0.5) is 10.5 Å². The van der Waals surface area contributed by atoms with E-state index in [1.807, 2.05) is 32.0 Å². The molecular weight excluding hydrogens is 432 g/mol. The minimum atomic E-state index is -0.845. The molecule has 7 nitrogen and oxygen atoms in total. The van der Waals surface area contributed by atoms with Crippen molar-refractivity contribution < 1.29 is 23.8 Å². The number of carbonyl (C=O) groups is 2. The Morgan fingerprint density at radius 1 is 1.06 bits per heavy atom. The van der Waals surface area contributed by atoms with Gasteiger partial charge in [-0.15, -0.1) is 0 Å². The monoisotopic (exact) mass is 468 g/mol. The molecule has 0 radical (unpaired) electrons. The number of benzene rings is 2. The highest BCUT2D eigenvalue weighted by molar-refractivity contribution is 5.99. The standard InChI is InChI=1S/C27H36N2O5/c1-9-17(2)29-15-20-21(16-29)24(33-26(31)34-27(4,5)6)22(18(3)23(20)28(7)8)25(30)32-19-13-11-10-12-14-19/h10-14,17H,9,15-16H2,1-8H3/t17-/m1/s1. The highest BCUT2D eigenvalue weighted by atomic mass is 16.7. The number of hydrogen-bond acceptors (Lipinski definition) is 7. The summed E-state index contributed by atoms with van der Waals surface area (Å²) in [5, 5.41) is 0. The van der Waals surface area contributed by atoms with Crippen molar-refractivity contribution in [1.29, 1.82) is 0 Å². The van der Waals surface area contributed by atoms with E-state index in [1.165, 1.54) is 0 Å². The van der Waals surface area contributed by atoms with Crippen LogP contribution in [0.5, 0.6) is 11.5 Å². The molecule has 0 unspecified atom stereocenters. The number of nitrogens with zero attached hydrogens (tertiary/aromatic N) is 2. The van der Waals surface area contributed by atoms with Crippen LogP contribution in [-0.2, 0) is 17.8 Å². The summed E-state index contributed by atoms with van der Waals surface area (Å²) < 4.78 is 16.9. The van der Waals surface area contributed by atoms with Gasteiger partial charge in [0.05, 0.1) is 0 Å². The number of fused-ring (bicyclic) bond motifs is 1. The molecule has 0 aromatic heterocycles. The fourth-order valence-electron chi connectivity index (χ4n) is 4.28. The molecule has 3 rings (SSSR count). The topological polar surface area (TPSA) is 68.3 Å². The molecule has 0 aliphatic carbocycles. The average molecular weight is 469 g/mol. The van der Waals surface area contributed by atoms with Crippen molar-refractivity contribution in [2.24, 2.45) is 0 Å². The number of esters is 1. The van der Waals surface area contributed by atoms with Gasteiger partial charge >= 0.3 is 12.1 Å². The van der Waals surface area contributed by atoms with E-state index >= 15 is 0 Å². The molecule has 184 valence electrons. The van der Waals surface area contributed by atoms with Crippen LogP contribution in [-0.4, -0.2) is 42.8 Å². The molecule has 34 heavy (non-hydrogen) atoms. The normalized spacial score (nSPS) is 14.4. The van der Waals surface area contributed by atoms with E-state index in [2.05, 4.69) is 18.7 Å². The fraction of sp³-hybridized carbons (Fsp3) is 0.481. The predicted octanol–water partition coefficient (Wildman–Crippen LogP) is 5.71. The number of carbonyl (C=O) groups excluding carboxylic acids is 2. The Labute approximate surface area is 202 Å². The van der Waals surface area contributed by atoms with Gasteiger partial charge in [0.1, 0.15) is 16.9 Å². The number of anilines is 1. The molecule has 0 saturated carbocycles. The minimum absolute atomic E-state index is 0.221. The second-order valence-electron chi connectivity index (χ2n) is 9.96. The largest absolute Gasteiger partial charge is 0.514 e. The first-order chi connectivity index (χ1) is 15.9. The van der Waals surface area contributed by atoms with Gasteiger partial charge < -0.3 is 19.1 Å². The fourth-order valence-corrected chi connectivity index (χ4v) is 4.28. The van der Waals surface area contributed by atoms with Crippen LogP contribution in [0.3, 0.4) is 0 Å². The Bertz CT molecular complexity index is 1060. The molecule has 2 aromatic rings. The van der Waals surface area contributed by atoms with Crippen molar-refractivity contribution in [1.82, 2.24) is 4.90 Å². The first kappa shape index (κ1) is 25.6. The Kier molecular flexibility index (Phi) is 7.56. The second-order valence-corrected chi connectivity index (χ2v) is 9.96. The summed E-state index contributed by atoms with van der Waals surface area (Å²) in [6.07, 6.45) is 0.137. The lowest BCUT2D eigenvalue weighted by atomic mass is 9.95. The molecule has 1 heterocycles.